The molecule has 2 N–H and O–H groups in total. The topological polar surface area (TPSA) is 104 Å². The smallest absolute Gasteiger partial charge is 0.407 e. The Hall–Kier alpha value is -2.87. The molecule has 0 saturated heterocycles. The second kappa shape index (κ2) is 9.17. The van der Waals surface area contributed by atoms with Crippen molar-refractivity contribution >= 4 is 21.8 Å². The number of hydrogen-bond acceptors (Lipinski definition) is 4. The van der Waals surface area contributed by atoms with E-state index in [0.29, 0.717) is 12.1 Å². The van der Waals surface area contributed by atoms with Crippen LogP contribution in [0, 0.1) is 5.92 Å². The third-order valence-corrected chi connectivity index (χ3v) is 8.01. The van der Waals surface area contributed by atoms with Crippen molar-refractivity contribution < 1.29 is 23.1 Å². The van der Waals surface area contributed by atoms with Gasteiger partial charge in [0.15, 0.2) is 9.84 Å². The van der Waals surface area contributed by atoms with Crippen molar-refractivity contribution in [2.45, 2.75) is 57.5 Å². The molecule has 0 spiro atoms. The van der Waals surface area contributed by atoms with Crippen LogP contribution in [-0.2, 0) is 21.8 Å². The Morgan fingerprint density at radius 2 is 1.79 bits per heavy atom. The summed E-state index contributed by atoms with van der Waals surface area (Å²) in [5, 5.41) is 12.6. The monoisotopic (exact) mass is 472 g/mol. The molecule has 7 nitrogen and oxygen atoms in total. The van der Waals surface area contributed by atoms with Crippen LogP contribution in [-0.4, -0.2) is 42.7 Å². The van der Waals surface area contributed by atoms with Gasteiger partial charge < -0.3 is 15.3 Å². The molecule has 1 heterocycles. The first-order valence-corrected chi connectivity index (χ1v) is 12.8. The minimum Gasteiger partial charge on any atom is -0.465 e. The van der Waals surface area contributed by atoms with Gasteiger partial charge in [-0.05, 0) is 46.9 Å². The van der Waals surface area contributed by atoms with E-state index < -0.39 is 21.3 Å². The normalized spacial score (nSPS) is 17.5. The Morgan fingerprint density at radius 3 is 2.33 bits per heavy atom. The third kappa shape index (κ3) is 5.05. The van der Waals surface area contributed by atoms with E-state index in [1.165, 1.54) is 4.90 Å². The third-order valence-electron chi connectivity index (χ3n) is 6.26. The predicted molar refractivity (Wildman–Crippen MR) is 127 cm³/mol. The van der Waals surface area contributed by atoms with E-state index in [1.54, 1.807) is 37.3 Å². The fraction of sp³-hybridized carbons (Fsp3) is 0.440. The molecule has 1 unspecified atom stereocenters. The molecule has 0 aromatic heterocycles. The van der Waals surface area contributed by atoms with Crippen molar-refractivity contribution in [1.29, 1.82) is 0 Å². The van der Waals surface area contributed by atoms with Gasteiger partial charge >= 0.3 is 6.09 Å². The summed E-state index contributed by atoms with van der Waals surface area (Å²) in [5.74, 6) is -0.102. The van der Waals surface area contributed by atoms with E-state index in [0.717, 1.165) is 16.7 Å². The zero-order chi connectivity index (χ0) is 24.6. The van der Waals surface area contributed by atoms with E-state index >= 15 is 0 Å². The van der Waals surface area contributed by atoms with Crippen LogP contribution in [0.15, 0.2) is 47.4 Å². The number of nitrogens with zero attached hydrogens (tertiary/aromatic N) is 1. The highest BCUT2D eigenvalue weighted by molar-refractivity contribution is 7.91. The van der Waals surface area contributed by atoms with Crippen LogP contribution in [0.5, 0.6) is 0 Å². The summed E-state index contributed by atoms with van der Waals surface area (Å²) in [4.78, 5) is 26.5. The Bertz CT molecular complexity index is 1150. The molecule has 8 heteroatoms. The van der Waals surface area contributed by atoms with Gasteiger partial charge in [0, 0.05) is 24.1 Å². The van der Waals surface area contributed by atoms with E-state index in [4.69, 9.17) is 0 Å². The molecular formula is C25H32N2O5S. The lowest BCUT2D eigenvalue weighted by Gasteiger charge is -2.45. The van der Waals surface area contributed by atoms with Gasteiger partial charge in [-0.3, -0.25) is 4.79 Å². The van der Waals surface area contributed by atoms with Crippen LogP contribution in [0.25, 0.3) is 0 Å². The van der Waals surface area contributed by atoms with Crippen molar-refractivity contribution in [3.8, 4) is 0 Å². The van der Waals surface area contributed by atoms with Crippen LogP contribution in [0.2, 0.25) is 0 Å². The lowest BCUT2D eigenvalue weighted by atomic mass is 9.73. The molecule has 0 bridgehead atoms. The molecule has 33 heavy (non-hydrogen) atoms. The summed E-state index contributed by atoms with van der Waals surface area (Å²) >= 11 is 0. The van der Waals surface area contributed by atoms with Gasteiger partial charge in [0.25, 0.3) is 5.91 Å². The molecule has 0 fully saturated rings. The summed E-state index contributed by atoms with van der Waals surface area (Å²) < 4.78 is 23.9. The molecule has 2 aromatic carbocycles. The number of rotatable bonds is 6. The number of carbonyl (C=O) groups excluding carboxylic acids is 1. The van der Waals surface area contributed by atoms with E-state index in [9.17, 15) is 23.1 Å². The quantitative estimate of drug-likeness (QED) is 0.649. The minimum absolute atomic E-state index is 0.0413. The molecule has 3 rings (SSSR count). The number of fused-ring (bicyclic) bond motifs is 1. The van der Waals surface area contributed by atoms with Gasteiger partial charge in [0.05, 0.1) is 16.7 Å². The molecule has 1 aliphatic heterocycles. The number of sulfone groups is 1. The second-order valence-electron chi connectivity index (χ2n) is 9.52. The van der Waals surface area contributed by atoms with Gasteiger partial charge in [0.1, 0.15) is 0 Å². The maximum absolute atomic E-state index is 12.9. The lowest BCUT2D eigenvalue weighted by molar-refractivity contribution is 0.0855. The summed E-state index contributed by atoms with van der Waals surface area (Å²) in [6.07, 6.45) is -0.938. The Labute approximate surface area is 195 Å². The lowest BCUT2D eigenvalue weighted by Crippen LogP contribution is -2.49. The SMILES string of the molecule is CCS(=O)(=O)c1ccc(CNC(=O)c2ccc3c(c2)C(C)(C)CN(C(=O)O)C3C(C)C)cc1. The van der Waals surface area contributed by atoms with Gasteiger partial charge in [-0.1, -0.05) is 52.8 Å². The average molecular weight is 473 g/mol. The van der Waals surface area contributed by atoms with Crippen molar-refractivity contribution in [3.05, 3.63) is 64.7 Å². The maximum Gasteiger partial charge on any atom is 0.407 e. The van der Waals surface area contributed by atoms with E-state index in [2.05, 4.69) is 5.32 Å². The minimum atomic E-state index is -3.26. The van der Waals surface area contributed by atoms with E-state index in [1.807, 2.05) is 39.8 Å². The van der Waals surface area contributed by atoms with Crippen LogP contribution in [0.4, 0.5) is 4.79 Å². The standard InChI is InChI=1S/C25H32N2O5S/c1-6-33(31,32)19-10-7-17(8-11-19)14-26-23(28)18-9-12-20-21(13-18)25(4,5)15-27(24(29)30)22(20)16(2)3/h7-13,16,22H,6,14-15H2,1-5H3,(H,26,28)(H,29,30). The molecule has 1 atom stereocenters. The highest BCUT2D eigenvalue weighted by atomic mass is 32.2. The largest absolute Gasteiger partial charge is 0.465 e. The maximum atomic E-state index is 12.9. The highest BCUT2D eigenvalue weighted by Crippen LogP contribution is 2.43. The van der Waals surface area contributed by atoms with Gasteiger partial charge in [0.2, 0.25) is 0 Å². The van der Waals surface area contributed by atoms with Crippen molar-refractivity contribution in [1.82, 2.24) is 10.2 Å². The highest BCUT2D eigenvalue weighted by Gasteiger charge is 2.41. The molecule has 0 saturated carbocycles. The molecule has 1 aliphatic rings. The fourth-order valence-electron chi connectivity index (χ4n) is 4.49. The number of benzene rings is 2. The average Bonchev–Trinajstić information content (AvgIpc) is 2.76. The summed E-state index contributed by atoms with van der Waals surface area (Å²) in [6.45, 7) is 10.2. The Kier molecular flexibility index (Phi) is 6.88. The predicted octanol–water partition coefficient (Wildman–Crippen LogP) is 4.38. The Balaban J connectivity index is 1.81. The number of carbonyl (C=O) groups is 2. The molecule has 2 aromatic rings. The summed E-state index contributed by atoms with van der Waals surface area (Å²) in [7, 11) is -3.26. The molecule has 0 radical (unpaired) electrons. The number of nitrogens with one attached hydrogen (secondary N) is 1. The first-order chi connectivity index (χ1) is 15.4. The van der Waals surface area contributed by atoms with Crippen molar-refractivity contribution in [2.75, 3.05) is 12.3 Å². The van der Waals surface area contributed by atoms with Crippen LogP contribution in [0.1, 0.15) is 67.7 Å². The van der Waals surface area contributed by atoms with Crippen molar-refractivity contribution in [3.63, 3.8) is 0 Å². The summed E-state index contributed by atoms with van der Waals surface area (Å²) in [5.41, 5.74) is 2.80. The zero-order valence-corrected chi connectivity index (χ0v) is 20.6. The zero-order valence-electron chi connectivity index (χ0n) is 19.8. The van der Waals surface area contributed by atoms with Crippen LogP contribution < -0.4 is 5.32 Å². The summed E-state index contributed by atoms with van der Waals surface area (Å²) in [6, 6.07) is 11.7. The Morgan fingerprint density at radius 1 is 1.15 bits per heavy atom. The van der Waals surface area contributed by atoms with Crippen LogP contribution >= 0.6 is 0 Å². The molecule has 0 aliphatic carbocycles. The van der Waals surface area contributed by atoms with Gasteiger partial charge in [-0.2, -0.15) is 0 Å². The fourth-order valence-corrected chi connectivity index (χ4v) is 5.37. The first kappa shape index (κ1) is 24.8. The second-order valence-corrected chi connectivity index (χ2v) is 11.8. The van der Waals surface area contributed by atoms with Crippen LogP contribution in [0.3, 0.4) is 0 Å². The molecule has 178 valence electrons. The molecular weight excluding hydrogens is 440 g/mol. The van der Waals surface area contributed by atoms with Crippen molar-refractivity contribution in [2.24, 2.45) is 5.92 Å². The molecule has 2 amide bonds. The number of carboxylic acid groups (broad SMARTS) is 1. The first-order valence-electron chi connectivity index (χ1n) is 11.1. The van der Waals surface area contributed by atoms with E-state index in [-0.39, 0.29) is 35.1 Å². The van der Waals surface area contributed by atoms with Gasteiger partial charge in [-0.15, -0.1) is 0 Å². The van der Waals surface area contributed by atoms with Gasteiger partial charge in [-0.25, -0.2) is 13.2 Å². The number of hydrogen-bond donors (Lipinski definition) is 2. The number of amides is 2.